The highest BCUT2D eigenvalue weighted by atomic mass is 35.5. The third kappa shape index (κ3) is 2.45. The molecule has 0 aliphatic rings. The van der Waals surface area contributed by atoms with E-state index in [1.807, 2.05) is 0 Å². The van der Waals surface area contributed by atoms with Gasteiger partial charge in [-0.2, -0.15) is 4.98 Å². The number of nitrogens with zero attached hydrogens (tertiary/aromatic N) is 2. The lowest BCUT2D eigenvalue weighted by Crippen LogP contribution is -2.01. The molecule has 6 heteroatoms. The van der Waals surface area contributed by atoms with E-state index in [1.54, 1.807) is 13.1 Å². The molecule has 0 saturated carbocycles. The fourth-order valence-electron chi connectivity index (χ4n) is 1.43. The average Bonchev–Trinajstić information content (AvgIpc) is 2.31. The molecule has 0 radical (unpaired) electrons. The summed E-state index contributed by atoms with van der Waals surface area (Å²) in [4.78, 5) is 7.98. The number of hydrogen-bond acceptors (Lipinski definition) is 4. The summed E-state index contributed by atoms with van der Waals surface area (Å²) in [6, 6.07) is 5.72. The van der Waals surface area contributed by atoms with Gasteiger partial charge in [-0.3, -0.25) is 0 Å². The molecule has 1 aromatic heterocycles. The molecule has 4 nitrogen and oxygen atoms in total. The van der Waals surface area contributed by atoms with Crippen LogP contribution in [0.2, 0.25) is 5.02 Å². The maximum Gasteiger partial charge on any atom is 0.222 e. The highest BCUT2D eigenvalue weighted by Gasteiger charge is 2.09. The zero-order valence-corrected chi connectivity index (χ0v) is 9.79. The predicted molar refractivity (Wildman–Crippen MR) is 66.4 cm³/mol. The highest BCUT2D eigenvalue weighted by Crippen LogP contribution is 2.28. The molecule has 2 rings (SSSR count). The third-order valence-electron chi connectivity index (χ3n) is 2.20. The first-order valence-electron chi connectivity index (χ1n) is 4.88. The minimum atomic E-state index is -0.382. The van der Waals surface area contributed by atoms with E-state index in [4.69, 9.17) is 17.3 Å². The second-order valence-corrected chi connectivity index (χ2v) is 3.78. The van der Waals surface area contributed by atoms with Gasteiger partial charge in [-0.15, -0.1) is 0 Å². The van der Waals surface area contributed by atoms with Crippen molar-refractivity contribution in [2.24, 2.45) is 0 Å². The van der Waals surface area contributed by atoms with Crippen LogP contribution >= 0.6 is 11.6 Å². The van der Waals surface area contributed by atoms with Gasteiger partial charge in [-0.1, -0.05) is 11.6 Å². The Morgan fingerprint density at radius 1 is 1.29 bits per heavy atom. The van der Waals surface area contributed by atoms with E-state index in [0.717, 1.165) is 0 Å². The Morgan fingerprint density at radius 3 is 2.76 bits per heavy atom. The molecule has 0 spiro atoms. The smallest absolute Gasteiger partial charge is 0.222 e. The highest BCUT2D eigenvalue weighted by molar-refractivity contribution is 6.33. The van der Waals surface area contributed by atoms with E-state index in [-0.39, 0.29) is 11.8 Å². The molecular weight excluding hydrogens is 243 g/mol. The van der Waals surface area contributed by atoms with E-state index < -0.39 is 0 Å². The molecular formula is C11H10ClFN4. The van der Waals surface area contributed by atoms with Crippen LogP contribution in [0.15, 0.2) is 24.3 Å². The molecule has 0 amide bonds. The Labute approximate surface area is 103 Å². The van der Waals surface area contributed by atoms with Gasteiger partial charge in [-0.05, 0) is 18.2 Å². The summed E-state index contributed by atoms with van der Waals surface area (Å²) < 4.78 is 13.2. The number of nitrogens with two attached hydrogens (primary N) is 1. The first kappa shape index (κ1) is 11.6. The Bertz CT molecular complexity index is 559. The van der Waals surface area contributed by atoms with Crippen molar-refractivity contribution in [3.8, 4) is 11.3 Å². The first-order chi connectivity index (χ1) is 8.10. The van der Waals surface area contributed by atoms with Gasteiger partial charge in [0.1, 0.15) is 11.6 Å². The molecule has 0 fully saturated rings. The summed E-state index contributed by atoms with van der Waals surface area (Å²) in [5.74, 6) is 0.271. The zero-order chi connectivity index (χ0) is 12.4. The average molecular weight is 253 g/mol. The van der Waals surface area contributed by atoms with E-state index in [9.17, 15) is 4.39 Å². The van der Waals surface area contributed by atoms with Crippen LogP contribution in [0.1, 0.15) is 0 Å². The number of aromatic nitrogens is 2. The number of benzene rings is 1. The van der Waals surface area contributed by atoms with Crippen molar-refractivity contribution in [3.05, 3.63) is 35.1 Å². The van der Waals surface area contributed by atoms with Crippen molar-refractivity contribution in [2.75, 3.05) is 18.1 Å². The van der Waals surface area contributed by atoms with Crippen molar-refractivity contribution in [2.45, 2.75) is 0 Å². The molecule has 3 N–H and O–H groups in total. The normalized spacial score (nSPS) is 10.3. The second-order valence-electron chi connectivity index (χ2n) is 3.37. The fraction of sp³-hybridized carbons (Fsp3) is 0.0909. The monoisotopic (exact) mass is 252 g/mol. The Hall–Kier alpha value is -1.88. The summed E-state index contributed by atoms with van der Waals surface area (Å²) in [6.07, 6.45) is 0. The van der Waals surface area contributed by atoms with E-state index >= 15 is 0 Å². The van der Waals surface area contributed by atoms with Crippen molar-refractivity contribution in [1.82, 2.24) is 9.97 Å². The van der Waals surface area contributed by atoms with Gasteiger partial charge in [0.25, 0.3) is 0 Å². The molecule has 17 heavy (non-hydrogen) atoms. The summed E-state index contributed by atoms with van der Waals surface area (Å²) in [6.45, 7) is 0. The maximum absolute atomic E-state index is 13.2. The molecule has 0 aliphatic carbocycles. The van der Waals surface area contributed by atoms with Gasteiger partial charge < -0.3 is 11.1 Å². The number of anilines is 2. The zero-order valence-electron chi connectivity index (χ0n) is 9.04. The molecule has 0 aliphatic heterocycles. The van der Waals surface area contributed by atoms with Gasteiger partial charge in [-0.25, -0.2) is 9.37 Å². The summed E-state index contributed by atoms with van der Waals surface area (Å²) in [5, 5.41) is 3.25. The molecule has 0 saturated heterocycles. The van der Waals surface area contributed by atoms with Crippen molar-refractivity contribution in [1.29, 1.82) is 0 Å². The fourth-order valence-corrected chi connectivity index (χ4v) is 1.64. The standard InChI is InChI=1S/C11H10ClFN4/c1-15-10-5-9(16-11(14)17-10)7-4-6(13)2-3-8(7)12/h2-5H,1H3,(H3,14,15,16,17). The quantitative estimate of drug-likeness (QED) is 0.862. The van der Waals surface area contributed by atoms with Crippen molar-refractivity contribution < 1.29 is 4.39 Å². The lowest BCUT2D eigenvalue weighted by molar-refractivity contribution is 0.628. The molecule has 1 aromatic carbocycles. The molecule has 1 heterocycles. The Morgan fingerprint density at radius 2 is 2.06 bits per heavy atom. The maximum atomic E-state index is 13.2. The van der Waals surface area contributed by atoms with Gasteiger partial charge in [0.15, 0.2) is 0 Å². The van der Waals surface area contributed by atoms with E-state index in [1.165, 1.54) is 18.2 Å². The van der Waals surface area contributed by atoms with Gasteiger partial charge in [0.2, 0.25) is 5.95 Å². The number of nitrogen functional groups attached to an aromatic ring is 1. The summed E-state index contributed by atoms with van der Waals surface area (Å²) >= 11 is 5.99. The largest absolute Gasteiger partial charge is 0.373 e. The van der Waals surface area contributed by atoms with Crippen LogP contribution in [0.3, 0.4) is 0 Å². The van der Waals surface area contributed by atoms with Crippen LogP contribution in [0, 0.1) is 5.82 Å². The molecule has 0 bridgehead atoms. The second kappa shape index (κ2) is 4.55. The SMILES string of the molecule is CNc1cc(-c2cc(F)ccc2Cl)nc(N)n1. The van der Waals surface area contributed by atoms with Crippen molar-refractivity contribution in [3.63, 3.8) is 0 Å². The van der Waals surface area contributed by atoms with Crippen LogP contribution in [-0.2, 0) is 0 Å². The minimum absolute atomic E-state index is 0.104. The minimum Gasteiger partial charge on any atom is -0.373 e. The Kier molecular flexibility index (Phi) is 3.10. The lowest BCUT2D eigenvalue weighted by Gasteiger charge is -2.07. The Balaban J connectivity index is 2.59. The van der Waals surface area contributed by atoms with Crippen LogP contribution in [0.4, 0.5) is 16.2 Å². The van der Waals surface area contributed by atoms with Crippen LogP contribution in [-0.4, -0.2) is 17.0 Å². The molecule has 0 unspecified atom stereocenters. The lowest BCUT2D eigenvalue weighted by atomic mass is 10.1. The molecule has 0 atom stereocenters. The number of hydrogen-bond donors (Lipinski definition) is 2. The summed E-state index contributed by atoms with van der Waals surface area (Å²) in [7, 11) is 1.71. The summed E-state index contributed by atoms with van der Waals surface area (Å²) in [5.41, 5.74) is 6.52. The number of nitrogens with one attached hydrogen (secondary N) is 1. The first-order valence-corrected chi connectivity index (χ1v) is 5.25. The van der Waals surface area contributed by atoms with Crippen LogP contribution < -0.4 is 11.1 Å². The van der Waals surface area contributed by atoms with Crippen LogP contribution in [0.25, 0.3) is 11.3 Å². The third-order valence-corrected chi connectivity index (χ3v) is 2.53. The van der Waals surface area contributed by atoms with Crippen LogP contribution in [0.5, 0.6) is 0 Å². The van der Waals surface area contributed by atoms with Gasteiger partial charge in [0, 0.05) is 18.7 Å². The topological polar surface area (TPSA) is 63.8 Å². The number of rotatable bonds is 2. The number of halogens is 2. The van der Waals surface area contributed by atoms with Crippen molar-refractivity contribution >= 4 is 23.4 Å². The van der Waals surface area contributed by atoms with Gasteiger partial charge in [0.05, 0.1) is 10.7 Å². The van der Waals surface area contributed by atoms with E-state index in [0.29, 0.717) is 22.1 Å². The van der Waals surface area contributed by atoms with E-state index in [2.05, 4.69) is 15.3 Å². The predicted octanol–water partition coefficient (Wildman–Crippen LogP) is 2.56. The molecule has 88 valence electrons. The molecule has 2 aromatic rings. The van der Waals surface area contributed by atoms with Gasteiger partial charge >= 0.3 is 0 Å².